The Kier molecular flexibility index (Phi) is 25.7. The van der Waals surface area contributed by atoms with Crippen molar-refractivity contribution in [1.82, 2.24) is 0 Å². The number of carbonyl (C=O) groups is 4. The Hall–Kier alpha value is -3.94. The Morgan fingerprint density at radius 1 is 0.844 bits per heavy atom. The third-order valence-electron chi connectivity index (χ3n) is 2.85. The molecule has 0 saturated carbocycles. The van der Waals surface area contributed by atoms with Crippen LogP contribution >= 0.6 is 0 Å². The zero-order chi connectivity index (χ0) is 25.2. The van der Waals surface area contributed by atoms with Crippen molar-refractivity contribution >= 4 is 30.0 Å². The van der Waals surface area contributed by atoms with Crippen molar-refractivity contribution < 1.29 is 38.9 Å². The van der Waals surface area contributed by atoms with Crippen molar-refractivity contribution in [2.45, 2.75) is 26.2 Å². The van der Waals surface area contributed by atoms with Gasteiger partial charge in [-0.2, -0.15) is 0 Å². The van der Waals surface area contributed by atoms with E-state index in [1.165, 1.54) is 11.6 Å². The molecule has 1 rings (SSSR count). The Morgan fingerprint density at radius 3 is 1.62 bits per heavy atom. The molecule has 0 spiro atoms. The largest absolute Gasteiger partial charge is 0.481 e. The zero-order valence-electron chi connectivity index (χ0n) is 18.4. The molecule has 0 aliphatic carbocycles. The molecule has 0 fully saturated rings. The summed E-state index contributed by atoms with van der Waals surface area (Å²) in [4.78, 5) is 39.7. The number of carboxylic acid groups (broad SMARTS) is 2. The number of ether oxygens (including phenoxy) is 2. The van der Waals surface area contributed by atoms with Crippen LogP contribution < -0.4 is 0 Å². The fraction of sp³-hybridized carbons (Fsp3) is 0.250. The number of esters is 2. The molecule has 2 N–H and O–H groups in total. The van der Waals surface area contributed by atoms with Crippen molar-refractivity contribution in [2.75, 3.05) is 13.2 Å². The smallest absolute Gasteiger partial charge is 0.330 e. The van der Waals surface area contributed by atoms with Gasteiger partial charge < -0.3 is 19.7 Å². The van der Waals surface area contributed by atoms with Crippen molar-refractivity contribution in [3.05, 3.63) is 80.4 Å². The van der Waals surface area contributed by atoms with Gasteiger partial charge in [-0.05, 0) is 12.0 Å². The monoisotopic (exact) mass is 448 g/mol. The van der Waals surface area contributed by atoms with Crippen molar-refractivity contribution in [3.8, 4) is 0 Å². The number of aliphatic carboxylic acids is 2. The van der Waals surface area contributed by atoms with Crippen LogP contribution in [0.4, 0.5) is 0 Å². The predicted molar refractivity (Wildman–Crippen MR) is 124 cm³/mol. The maximum Gasteiger partial charge on any atom is 0.330 e. The van der Waals surface area contributed by atoms with E-state index in [4.69, 9.17) is 10.2 Å². The molecule has 8 heteroatoms. The summed E-state index contributed by atoms with van der Waals surface area (Å²) in [5.74, 6) is -2.90. The molecule has 0 saturated heterocycles. The van der Waals surface area contributed by atoms with E-state index in [0.29, 0.717) is 6.61 Å². The number of hydrogen-bond acceptors (Lipinski definition) is 6. The Morgan fingerprint density at radius 2 is 1.31 bits per heavy atom. The number of rotatable bonds is 10. The first-order chi connectivity index (χ1) is 15.2. The highest BCUT2D eigenvalue weighted by atomic mass is 16.5. The number of carboxylic acids is 2. The standard InChI is InChI=1S/C8H8.C7H12O2.C6H8O4.C3H4O2/c1-2-8-6-4-3-5-7-8;1-3-5-6-9-7(8)4-2;1-2-6(9)10-4-3-5(7)8;1-2-3(4)5/h2-7H,1H2;4H,2-3,5-6H2,1H3;2H,1,3-4H2,(H,7,8);2H,1H2,(H,4,5). The van der Waals surface area contributed by atoms with Crippen LogP contribution in [0.15, 0.2) is 74.9 Å². The lowest BCUT2D eigenvalue weighted by atomic mass is 10.2. The van der Waals surface area contributed by atoms with Crippen LogP contribution in [0.5, 0.6) is 0 Å². The molecule has 0 heterocycles. The van der Waals surface area contributed by atoms with Crippen LogP contribution in [0, 0.1) is 0 Å². The van der Waals surface area contributed by atoms with Gasteiger partial charge in [-0.1, -0.05) is 76.1 Å². The number of unbranched alkanes of at least 4 members (excludes halogenated alkanes) is 1. The summed E-state index contributed by atoms with van der Waals surface area (Å²) >= 11 is 0. The highest BCUT2D eigenvalue weighted by molar-refractivity contribution is 5.81. The summed E-state index contributed by atoms with van der Waals surface area (Å²) in [6.07, 6.45) is 6.64. The molecule has 0 aliphatic heterocycles. The van der Waals surface area contributed by atoms with Crippen molar-refractivity contribution in [3.63, 3.8) is 0 Å². The van der Waals surface area contributed by atoms with Crippen LogP contribution in [0.1, 0.15) is 31.7 Å². The Balaban J connectivity index is -0.000000359. The first kappa shape index (κ1) is 32.7. The van der Waals surface area contributed by atoms with E-state index >= 15 is 0 Å². The van der Waals surface area contributed by atoms with Gasteiger partial charge in [-0.25, -0.2) is 14.4 Å². The highest BCUT2D eigenvalue weighted by Gasteiger charge is 1.98. The minimum Gasteiger partial charge on any atom is -0.481 e. The second-order valence-electron chi connectivity index (χ2n) is 5.40. The SMILES string of the molecule is C=CC(=O)O.C=CC(=O)OCCC(=O)O.C=CC(=O)OCCCC.C=Cc1ccccc1. The normalized spacial score (nSPS) is 8.16. The highest BCUT2D eigenvalue weighted by Crippen LogP contribution is 1.97. The van der Waals surface area contributed by atoms with Crippen molar-refractivity contribution in [1.29, 1.82) is 0 Å². The van der Waals surface area contributed by atoms with Crippen LogP contribution in [0.2, 0.25) is 0 Å². The molecule has 176 valence electrons. The Bertz CT molecular complexity index is 708. The van der Waals surface area contributed by atoms with E-state index in [-0.39, 0.29) is 19.0 Å². The summed E-state index contributed by atoms with van der Waals surface area (Å²) in [7, 11) is 0. The topological polar surface area (TPSA) is 127 Å². The molecule has 8 nitrogen and oxygen atoms in total. The van der Waals surface area contributed by atoms with Crippen LogP contribution in [-0.2, 0) is 28.7 Å². The van der Waals surface area contributed by atoms with Crippen LogP contribution in [0.25, 0.3) is 6.08 Å². The first-order valence-electron chi connectivity index (χ1n) is 9.51. The molecular formula is C24H32O8. The van der Waals surface area contributed by atoms with Gasteiger partial charge in [-0.3, -0.25) is 4.79 Å². The summed E-state index contributed by atoms with van der Waals surface area (Å²) in [6.45, 7) is 15.5. The Labute approximate surface area is 189 Å². The van der Waals surface area contributed by atoms with Crippen LogP contribution in [-0.4, -0.2) is 47.3 Å². The van der Waals surface area contributed by atoms with E-state index in [2.05, 4.69) is 35.8 Å². The van der Waals surface area contributed by atoms with Crippen LogP contribution in [0.3, 0.4) is 0 Å². The average molecular weight is 449 g/mol. The second-order valence-corrected chi connectivity index (χ2v) is 5.40. The van der Waals surface area contributed by atoms with E-state index in [1.807, 2.05) is 43.3 Å². The number of carbonyl (C=O) groups excluding carboxylic acids is 2. The molecule has 0 atom stereocenters. The summed E-state index contributed by atoms with van der Waals surface area (Å²) < 4.78 is 9.04. The van der Waals surface area contributed by atoms with Gasteiger partial charge in [0, 0.05) is 18.2 Å². The molecule has 32 heavy (non-hydrogen) atoms. The van der Waals surface area contributed by atoms with E-state index < -0.39 is 17.9 Å². The fourth-order valence-electron chi connectivity index (χ4n) is 1.26. The van der Waals surface area contributed by atoms with E-state index in [9.17, 15) is 19.2 Å². The summed E-state index contributed by atoms with van der Waals surface area (Å²) in [5.41, 5.74) is 1.17. The van der Waals surface area contributed by atoms with Gasteiger partial charge in [0.05, 0.1) is 13.0 Å². The molecule has 0 aromatic heterocycles. The lowest BCUT2D eigenvalue weighted by Crippen LogP contribution is -2.06. The predicted octanol–water partition coefficient (Wildman–Crippen LogP) is 4.29. The minimum atomic E-state index is -0.989. The lowest BCUT2D eigenvalue weighted by molar-refractivity contribution is -0.143. The van der Waals surface area contributed by atoms with Gasteiger partial charge in [0.15, 0.2) is 0 Å². The van der Waals surface area contributed by atoms with Gasteiger partial charge in [-0.15, -0.1) is 0 Å². The van der Waals surface area contributed by atoms with E-state index in [0.717, 1.165) is 25.0 Å². The number of hydrogen-bond donors (Lipinski definition) is 2. The van der Waals surface area contributed by atoms with Crippen molar-refractivity contribution in [2.24, 2.45) is 0 Å². The maximum atomic E-state index is 10.3. The third-order valence-corrected chi connectivity index (χ3v) is 2.85. The molecule has 0 aliphatic rings. The summed E-state index contributed by atoms with van der Waals surface area (Å²) in [5, 5.41) is 15.7. The number of benzene rings is 1. The van der Waals surface area contributed by atoms with Gasteiger partial charge in [0.1, 0.15) is 6.61 Å². The second kappa shape index (κ2) is 25.1. The average Bonchev–Trinajstić information content (AvgIpc) is 2.80. The van der Waals surface area contributed by atoms with E-state index in [1.54, 1.807) is 0 Å². The summed E-state index contributed by atoms with van der Waals surface area (Å²) in [6, 6.07) is 10.0. The van der Waals surface area contributed by atoms with Gasteiger partial charge in [0.2, 0.25) is 0 Å². The minimum absolute atomic E-state index is 0.0970. The van der Waals surface area contributed by atoms with Gasteiger partial charge in [0.25, 0.3) is 0 Å². The quantitative estimate of drug-likeness (QED) is 0.308. The third kappa shape index (κ3) is 30.8. The molecule has 0 amide bonds. The maximum absolute atomic E-state index is 10.3. The molecular weight excluding hydrogens is 416 g/mol. The first-order valence-corrected chi connectivity index (χ1v) is 9.51. The molecule has 0 bridgehead atoms. The molecule has 1 aromatic rings. The fourth-order valence-corrected chi connectivity index (χ4v) is 1.26. The molecule has 0 unspecified atom stereocenters. The molecule has 1 aromatic carbocycles. The van der Waals surface area contributed by atoms with Gasteiger partial charge >= 0.3 is 23.9 Å². The molecule has 0 radical (unpaired) electrons. The zero-order valence-corrected chi connectivity index (χ0v) is 18.4. The lowest BCUT2D eigenvalue weighted by Gasteiger charge is -1.97.